The molecule has 0 fully saturated rings. The van der Waals surface area contributed by atoms with Crippen LogP contribution in [-0.4, -0.2) is 13.0 Å². The van der Waals surface area contributed by atoms with Gasteiger partial charge in [-0.25, -0.2) is 0 Å². The zero-order valence-electron chi connectivity index (χ0n) is 5.81. The summed E-state index contributed by atoms with van der Waals surface area (Å²) in [4.78, 5) is 10.5. The molecule has 0 saturated carbocycles. The summed E-state index contributed by atoms with van der Waals surface area (Å²) in [5.74, 6) is 0.00319. The standard InChI is InChI=1S/C7H13NO/c1-3-4-5-6-7(9)8-2/h6H,1,3-5H2,2H3,(H,8,9). The Morgan fingerprint density at radius 1 is 1.78 bits per heavy atom. The second-order valence-corrected chi connectivity index (χ2v) is 1.81. The minimum Gasteiger partial charge on any atom is -0.359 e. The van der Waals surface area contributed by atoms with Gasteiger partial charge in [0.1, 0.15) is 0 Å². The molecule has 0 bridgehead atoms. The molecule has 0 rings (SSSR count). The molecular weight excluding hydrogens is 114 g/mol. The lowest BCUT2D eigenvalue weighted by Crippen LogP contribution is -2.17. The molecule has 0 aliphatic carbocycles. The fraction of sp³-hybridized carbons (Fsp3) is 0.571. The number of amides is 1. The van der Waals surface area contributed by atoms with Gasteiger partial charge in [0.05, 0.1) is 0 Å². The molecule has 0 aliphatic rings. The highest BCUT2D eigenvalue weighted by Crippen LogP contribution is 1.95. The van der Waals surface area contributed by atoms with Crippen LogP contribution in [0.2, 0.25) is 0 Å². The predicted octanol–water partition coefficient (Wildman–Crippen LogP) is 0.941. The number of unbranched alkanes of at least 4 members (excludes halogenated alkanes) is 2. The molecule has 0 spiro atoms. The number of carbonyl (C=O) groups is 1. The van der Waals surface area contributed by atoms with Crippen LogP contribution >= 0.6 is 0 Å². The molecule has 0 saturated heterocycles. The lowest BCUT2D eigenvalue weighted by molar-refractivity contribution is -0.117. The quantitative estimate of drug-likeness (QED) is 0.559. The second-order valence-electron chi connectivity index (χ2n) is 1.81. The van der Waals surface area contributed by atoms with Crippen molar-refractivity contribution in [3.63, 3.8) is 0 Å². The van der Waals surface area contributed by atoms with E-state index in [4.69, 9.17) is 0 Å². The van der Waals surface area contributed by atoms with Gasteiger partial charge in [-0.3, -0.25) is 4.79 Å². The van der Waals surface area contributed by atoms with Crippen molar-refractivity contribution in [1.29, 1.82) is 0 Å². The molecule has 0 aromatic carbocycles. The van der Waals surface area contributed by atoms with Gasteiger partial charge in [-0.05, 0) is 6.42 Å². The average Bonchev–Trinajstić information content (AvgIpc) is 1.89. The fourth-order valence-electron chi connectivity index (χ4n) is 0.480. The highest BCUT2D eigenvalue weighted by molar-refractivity contribution is 5.84. The van der Waals surface area contributed by atoms with Crippen LogP contribution in [0.4, 0.5) is 0 Å². The second kappa shape index (κ2) is 5.60. The monoisotopic (exact) mass is 127 g/mol. The molecule has 9 heavy (non-hydrogen) atoms. The number of rotatable bonds is 4. The molecule has 1 N–H and O–H groups in total. The van der Waals surface area contributed by atoms with Crippen molar-refractivity contribution in [3.8, 4) is 0 Å². The van der Waals surface area contributed by atoms with E-state index in [1.54, 1.807) is 13.5 Å². The maximum absolute atomic E-state index is 10.5. The number of hydrogen-bond acceptors (Lipinski definition) is 1. The van der Waals surface area contributed by atoms with E-state index >= 15 is 0 Å². The Kier molecular flexibility index (Phi) is 5.27. The summed E-state index contributed by atoms with van der Waals surface area (Å²) >= 11 is 0. The molecule has 0 aromatic heterocycles. The van der Waals surface area contributed by atoms with Crippen LogP contribution in [0, 0.1) is 13.3 Å². The molecule has 2 nitrogen and oxygen atoms in total. The maximum atomic E-state index is 10.5. The van der Waals surface area contributed by atoms with Crippen molar-refractivity contribution in [2.24, 2.45) is 0 Å². The van der Waals surface area contributed by atoms with Crippen LogP contribution in [0.5, 0.6) is 0 Å². The molecule has 0 aromatic rings. The fourth-order valence-corrected chi connectivity index (χ4v) is 0.480. The van der Waals surface area contributed by atoms with Crippen LogP contribution in [-0.2, 0) is 4.79 Å². The van der Waals surface area contributed by atoms with Gasteiger partial charge in [-0.15, -0.1) is 0 Å². The van der Waals surface area contributed by atoms with Gasteiger partial charge in [0.15, 0.2) is 0 Å². The molecular formula is C7H13NO. The third kappa shape index (κ3) is 5.34. The third-order valence-corrected chi connectivity index (χ3v) is 1.03. The normalized spacial score (nSPS) is 9.11. The van der Waals surface area contributed by atoms with E-state index in [2.05, 4.69) is 12.2 Å². The summed E-state index contributed by atoms with van der Waals surface area (Å²) in [7, 11) is 1.63. The first kappa shape index (κ1) is 8.47. The molecule has 0 unspecified atom stereocenters. The van der Waals surface area contributed by atoms with Gasteiger partial charge in [-0.1, -0.05) is 19.8 Å². The van der Waals surface area contributed by atoms with E-state index in [9.17, 15) is 4.79 Å². The summed E-state index contributed by atoms with van der Waals surface area (Å²) in [5, 5.41) is 2.51. The van der Waals surface area contributed by atoms with Gasteiger partial charge in [0.25, 0.3) is 0 Å². The van der Waals surface area contributed by atoms with Crippen LogP contribution in [0.1, 0.15) is 19.3 Å². The highest BCUT2D eigenvalue weighted by atomic mass is 16.1. The Balaban J connectivity index is 2.97. The molecule has 2 heteroatoms. The molecule has 0 aliphatic heterocycles. The van der Waals surface area contributed by atoms with Gasteiger partial charge in [-0.2, -0.15) is 0 Å². The minimum absolute atomic E-state index is 0.00319. The van der Waals surface area contributed by atoms with Gasteiger partial charge in [0.2, 0.25) is 5.91 Å². The van der Waals surface area contributed by atoms with E-state index in [-0.39, 0.29) is 5.91 Å². The first-order chi connectivity index (χ1) is 4.31. The van der Waals surface area contributed by atoms with E-state index in [0.717, 1.165) is 19.3 Å². The van der Waals surface area contributed by atoms with Gasteiger partial charge in [0, 0.05) is 13.5 Å². The SMILES string of the molecule is [CH2]CCC[CH]C(=O)NC. The molecule has 1 amide bonds. The van der Waals surface area contributed by atoms with Crippen LogP contribution < -0.4 is 5.32 Å². The Labute approximate surface area is 56.6 Å². The Morgan fingerprint density at radius 3 is 2.89 bits per heavy atom. The van der Waals surface area contributed by atoms with Crippen LogP contribution in [0.25, 0.3) is 0 Å². The summed E-state index contributed by atoms with van der Waals surface area (Å²) in [5.41, 5.74) is 0. The molecule has 0 atom stereocenters. The third-order valence-electron chi connectivity index (χ3n) is 1.03. The van der Waals surface area contributed by atoms with Crippen molar-refractivity contribution < 1.29 is 4.79 Å². The van der Waals surface area contributed by atoms with Crippen molar-refractivity contribution in [1.82, 2.24) is 5.32 Å². The van der Waals surface area contributed by atoms with Crippen molar-refractivity contribution in [2.75, 3.05) is 7.05 Å². The van der Waals surface area contributed by atoms with E-state index in [1.807, 2.05) is 0 Å². The van der Waals surface area contributed by atoms with Crippen molar-refractivity contribution >= 4 is 5.91 Å². The minimum atomic E-state index is 0.00319. The highest BCUT2D eigenvalue weighted by Gasteiger charge is 1.94. The first-order valence-electron chi connectivity index (χ1n) is 3.15. The maximum Gasteiger partial charge on any atom is 0.223 e. The molecule has 52 valence electrons. The van der Waals surface area contributed by atoms with E-state index in [1.165, 1.54) is 0 Å². The summed E-state index contributed by atoms with van der Waals surface area (Å²) in [6.45, 7) is 3.66. The summed E-state index contributed by atoms with van der Waals surface area (Å²) in [6.07, 6.45) is 4.37. The summed E-state index contributed by atoms with van der Waals surface area (Å²) in [6, 6.07) is 0. The Morgan fingerprint density at radius 2 is 2.44 bits per heavy atom. The first-order valence-corrected chi connectivity index (χ1v) is 3.15. The van der Waals surface area contributed by atoms with Gasteiger partial charge >= 0.3 is 0 Å². The van der Waals surface area contributed by atoms with Crippen molar-refractivity contribution in [2.45, 2.75) is 19.3 Å². The smallest absolute Gasteiger partial charge is 0.223 e. The zero-order chi connectivity index (χ0) is 7.11. The zero-order valence-corrected chi connectivity index (χ0v) is 5.81. The number of nitrogens with one attached hydrogen (secondary N) is 1. The lowest BCUT2D eigenvalue weighted by Gasteiger charge is -1.95. The van der Waals surface area contributed by atoms with Crippen LogP contribution in [0.3, 0.4) is 0 Å². The predicted molar refractivity (Wildman–Crippen MR) is 37.6 cm³/mol. The van der Waals surface area contributed by atoms with Crippen molar-refractivity contribution in [3.05, 3.63) is 13.3 Å². The summed E-state index contributed by atoms with van der Waals surface area (Å²) < 4.78 is 0. The van der Waals surface area contributed by atoms with Crippen LogP contribution in [0.15, 0.2) is 0 Å². The van der Waals surface area contributed by atoms with E-state index < -0.39 is 0 Å². The number of hydrogen-bond donors (Lipinski definition) is 1. The Hall–Kier alpha value is -0.530. The Bertz CT molecular complexity index is 81.0. The van der Waals surface area contributed by atoms with E-state index in [0.29, 0.717) is 0 Å². The average molecular weight is 127 g/mol. The van der Waals surface area contributed by atoms with Gasteiger partial charge < -0.3 is 5.32 Å². The largest absolute Gasteiger partial charge is 0.359 e. The topological polar surface area (TPSA) is 29.1 Å². The lowest BCUT2D eigenvalue weighted by atomic mass is 10.2. The number of carbonyl (C=O) groups excluding carboxylic acids is 1. The molecule has 0 heterocycles. The molecule has 2 radical (unpaired) electrons.